The molecule has 0 aliphatic carbocycles. The normalized spacial score (nSPS) is 10.7. The van der Waals surface area contributed by atoms with Gasteiger partial charge in [-0.3, -0.25) is 0 Å². The largest absolute Gasteiger partial charge is 0.313 e. The van der Waals surface area contributed by atoms with Crippen molar-refractivity contribution in [1.82, 2.24) is 15.3 Å². The van der Waals surface area contributed by atoms with Crippen molar-refractivity contribution in [2.75, 3.05) is 6.54 Å². The van der Waals surface area contributed by atoms with E-state index in [4.69, 9.17) is 0 Å². The Balaban J connectivity index is 2.13. The van der Waals surface area contributed by atoms with E-state index in [0.29, 0.717) is 0 Å². The smallest absolute Gasteiger partial charge is 0.192 e. The maximum absolute atomic E-state index is 4.40. The van der Waals surface area contributed by atoms with Gasteiger partial charge in [-0.2, -0.15) is 0 Å². The van der Waals surface area contributed by atoms with Crippen molar-refractivity contribution in [1.29, 1.82) is 0 Å². The van der Waals surface area contributed by atoms with Crippen LogP contribution in [-0.4, -0.2) is 16.5 Å². The Kier molecular flexibility index (Phi) is 5.36. The van der Waals surface area contributed by atoms with Crippen LogP contribution in [0.2, 0.25) is 0 Å². The SMILES string of the molecule is CCNCc1ccc(Sc2nccc(C)n2)c(Br)c1. The summed E-state index contributed by atoms with van der Waals surface area (Å²) in [6.45, 7) is 5.95. The zero-order valence-electron chi connectivity index (χ0n) is 11.0. The zero-order valence-corrected chi connectivity index (χ0v) is 13.4. The first-order valence-electron chi connectivity index (χ1n) is 6.15. The van der Waals surface area contributed by atoms with Gasteiger partial charge in [0.25, 0.3) is 0 Å². The fourth-order valence-electron chi connectivity index (χ4n) is 1.58. The van der Waals surface area contributed by atoms with E-state index >= 15 is 0 Å². The molecule has 0 aliphatic heterocycles. The summed E-state index contributed by atoms with van der Waals surface area (Å²) in [5.41, 5.74) is 2.25. The monoisotopic (exact) mass is 337 g/mol. The summed E-state index contributed by atoms with van der Waals surface area (Å²) >= 11 is 5.18. The Labute approximate surface area is 126 Å². The summed E-state index contributed by atoms with van der Waals surface area (Å²) < 4.78 is 1.08. The van der Waals surface area contributed by atoms with Crippen molar-refractivity contribution in [3.8, 4) is 0 Å². The average molecular weight is 338 g/mol. The van der Waals surface area contributed by atoms with Crippen LogP contribution in [0.5, 0.6) is 0 Å². The molecule has 0 spiro atoms. The van der Waals surface area contributed by atoms with E-state index < -0.39 is 0 Å². The van der Waals surface area contributed by atoms with Crippen molar-refractivity contribution in [2.45, 2.75) is 30.4 Å². The third-order valence-corrected chi connectivity index (χ3v) is 4.42. The Morgan fingerprint density at radius 1 is 1.32 bits per heavy atom. The Bertz CT molecular complexity index is 560. The number of halogens is 1. The molecule has 1 aromatic heterocycles. The molecular formula is C14H16BrN3S. The zero-order chi connectivity index (χ0) is 13.7. The van der Waals surface area contributed by atoms with Crippen LogP contribution in [0.25, 0.3) is 0 Å². The minimum atomic E-state index is 0.778. The highest BCUT2D eigenvalue weighted by atomic mass is 79.9. The Morgan fingerprint density at radius 2 is 2.16 bits per heavy atom. The molecular weight excluding hydrogens is 322 g/mol. The van der Waals surface area contributed by atoms with Gasteiger partial charge in [0.1, 0.15) is 0 Å². The van der Waals surface area contributed by atoms with Crippen molar-refractivity contribution in [2.24, 2.45) is 0 Å². The van der Waals surface area contributed by atoms with Crippen molar-refractivity contribution in [3.63, 3.8) is 0 Å². The fourth-order valence-corrected chi connectivity index (χ4v) is 3.04. The van der Waals surface area contributed by atoms with Gasteiger partial charge in [-0.05, 0) is 64.9 Å². The van der Waals surface area contributed by atoms with Gasteiger partial charge in [-0.1, -0.05) is 13.0 Å². The van der Waals surface area contributed by atoms with Gasteiger partial charge >= 0.3 is 0 Å². The molecule has 1 heterocycles. The van der Waals surface area contributed by atoms with Gasteiger partial charge in [0.15, 0.2) is 5.16 Å². The standard InChI is InChI=1S/C14H16BrN3S/c1-3-16-9-11-4-5-13(12(15)8-11)19-14-17-7-6-10(2)18-14/h4-8,16H,3,9H2,1-2H3. The van der Waals surface area contributed by atoms with E-state index in [1.165, 1.54) is 5.56 Å². The number of rotatable bonds is 5. The first-order chi connectivity index (χ1) is 9.19. The third kappa shape index (κ3) is 4.30. The summed E-state index contributed by atoms with van der Waals surface area (Å²) in [6, 6.07) is 8.28. The molecule has 0 atom stereocenters. The van der Waals surface area contributed by atoms with Crippen molar-refractivity contribution in [3.05, 3.63) is 46.2 Å². The highest BCUT2D eigenvalue weighted by molar-refractivity contribution is 9.10. The van der Waals surface area contributed by atoms with Crippen LogP contribution in [0, 0.1) is 6.92 Å². The molecule has 2 rings (SSSR count). The fraction of sp³-hybridized carbons (Fsp3) is 0.286. The summed E-state index contributed by atoms with van der Waals surface area (Å²) in [5, 5.41) is 4.09. The van der Waals surface area contributed by atoms with Crippen LogP contribution in [0.1, 0.15) is 18.2 Å². The number of nitrogens with one attached hydrogen (secondary N) is 1. The lowest BCUT2D eigenvalue weighted by molar-refractivity contribution is 0.726. The van der Waals surface area contributed by atoms with Crippen molar-refractivity contribution >= 4 is 27.7 Å². The van der Waals surface area contributed by atoms with Gasteiger partial charge in [-0.15, -0.1) is 0 Å². The second kappa shape index (κ2) is 7.03. The molecule has 0 saturated carbocycles. The Hall–Kier alpha value is -0.910. The van der Waals surface area contributed by atoms with Crippen LogP contribution in [0.3, 0.4) is 0 Å². The molecule has 0 unspecified atom stereocenters. The molecule has 0 fully saturated rings. The first kappa shape index (κ1) is 14.5. The maximum atomic E-state index is 4.40. The minimum Gasteiger partial charge on any atom is -0.313 e. The van der Waals surface area contributed by atoms with Crippen molar-refractivity contribution < 1.29 is 0 Å². The summed E-state index contributed by atoms with van der Waals surface area (Å²) in [7, 11) is 0. The van der Waals surface area contributed by atoms with Crippen LogP contribution in [-0.2, 0) is 6.54 Å². The van der Waals surface area contributed by atoms with Crippen LogP contribution >= 0.6 is 27.7 Å². The average Bonchev–Trinajstić information content (AvgIpc) is 2.39. The molecule has 19 heavy (non-hydrogen) atoms. The van der Waals surface area contributed by atoms with Crippen LogP contribution < -0.4 is 5.32 Å². The van der Waals surface area contributed by atoms with E-state index in [1.807, 2.05) is 13.0 Å². The predicted molar refractivity (Wildman–Crippen MR) is 82.4 cm³/mol. The number of nitrogens with zero attached hydrogens (tertiary/aromatic N) is 2. The lowest BCUT2D eigenvalue weighted by atomic mass is 10.2. The third-order valence-electron chi connectivity index (χ3n) is 2.55. The molecule has 100 valence electrons. The molecule has 0 amide bonds. The van der Waals surface area contributed by atoms with Gasteiger partial charge in [0.2, 0.25) is 0 Å². The van der Waals surface area contributed by atoms with E-state index in [0.717, 1.165) is 33.3 Å². The maximum Gasteiger partial charge on any atom is 0.192 e. The quantitative estimate of drug-likeness (QED) is 0.842. The molecule has 5 heteroatoms. The van der Waals surface area contributed by atoms with Gasteiger partial charge in [-0.25, -0.2) is 9.97 Å². The van der Waals surface area contributed by atoms with E-state index in [1.54, 1.807) is 18.0 Å². The van der Waals surface area contributed by atoms with Gasteiger partial charge in [0, 0.05) is 27.8 Å². The topological polar surface area (TPSA) is 37.8 Å². The molecule has 3 nitrogen and oxygen atoms in total. The lowest BCUT2D eigenvalue weighted by Gasteiger charge is -2.07. The molecule has 0 radical (unpaired) electrons. The second-order valence-corrected chi connectivity index (χ2v) is 5.99. The molecule has 1 aromatic carbocycles. The Morgan fingerprint density at radius 3 is 2.84 bits per heavy atom. The van der Waals surface area contributed by atoms with Gasteiger partial charge in [0.05, 0.1) is 0 Å². The summed E-state index contributed by atoms with van der Waals surface area (Å²) in [6.07, 6.45) is 1.79. The number of hydrogen-bond acceptors (Lipinski definition) is 4. The van der Waals surface area contributed by atoms with Crippen LogP contribution in [0.15, 0.2) is 45.0 Å². The van der Waals surface area contributed by atoms with Crippen LogP contribution in [0.4, 0.5) is 0 Å². The predicted octanol–water partition coefficient (Wildman–Crippen LogP) is 3.81. The van der Waals surface area contributed by atoms with Gasteiger partial charge < -0.3 is 5.32 Å². The molecule has 0 saturated heterocycles. The second-order valence-electron chi connectivity index (χ2n) is 4.13. The highest BCUT2D eigenvalue weighted by Gasteiger charge is 2.06. The highest BCUT2D eigenvalue weighted by Crippen LogP contribution is 2.32. The minimum absolute atomic E-state index is 0.778. The number of hydrogen-bond donors (Lipinski definition) is 1. The first-order valence-corrected chi connectivity index (χ1v) is 7.76. The summed E-state index contributed by atoms with van der Waals surface area (Å²) in [5.74, 6) is 0. The molecule has 1 N–H and O–H groups in total. The van der Waals surface area contributed by atoms with E-state index in [9.17, 15) is 0 Å². The number of aromatic nitrogens is 2. The number of benzene rings is 1. The lowest BCUT2D eigenvalue weighted by Crippen LogP contribution is -2.11. The molecule has 0 bridgehead atoms. The summed E-state index contributed by atoms with van der Waals surface area (Å²) in [4.78, 5) is 9.80. The molecule has 0 aliphatic rings. The molecule has 2 aromatic rings. The van der Waals surface area contributed by atoms with E-state index in [-0.39, 0.29) is 0 Å². The number of aryl methyl sites for hydroxylation is 1. The van der Waals surface area contributed by atoms with E-state index in [2.05, 4.69) is 56.3 Å².